The first kappa shape index (κ1) is 19.8. The molecular formula is C26H22N4O2. The van der Waals surface area contributed by atoms with Crippen LogP contribution in [0.15, 0.2) is 77.3 Å². The Bertz CT molecular complexity index is 1430. The average Bonchev–Trinajstić information content (AvgIpc) is 3.42. The standard InChI is InChI=1S/C26H22N4O2/c1-16-7-10-20(11-8-16)30(18(3)31)21-6-4-5-19(14-21)25-22(15-27-29-25)26-28-23-12-9-17(2)13-24(23)32-26/h4-15H,1-3H3,(H,27,29). The molecule has 5 rings (SSSR count). The lowest BCUT2D eigenvalue weighted by atomic mass is 10.1. The number of benzene rings is 3. The highest BCUT2D eigenvalue weighted by atomic mass is 16.3. The molecule has 0 saturated heterocycles. The number of amides is 1. The number of carbonyl (C=O) groups is 1. The molecule has 0 unspecified atom stereocenters. The van der Waals surface area contributed by atoms with E-state index in [0.717, 1.165) is 50.4 Å². The minimum atomic E-state index is -0.0647. The van der Waals surface area contributed by atoms with E-state index < -0.39 is 0 Å². The van der Waals surface area contributed by atoms with Gasteiger partial charge in [-0.3, -0.25) is 14.8 Å². The largest absolute Gasteiger partial charge is 0.436 e. The Hall–Kier alpha value is -4.19. The molecule has 2 aromatic heterocycles. The highest BCUT2D eigenvalue weighted by Gasteiger charge is 2.19. The van der Waals surface area contributed by atoms with Gasteiger partial charge in [-0.15, -0.1) is 0 Å². The molecule has 0 aliphatic rings. The van der Waals surface area contributed by atoms with Crippen molar-refractivity contribution in [2.75, 3.05) is 4.90 Å². The second-order valence-electron chi connectivity index (χ2n) is 7.89. The minimum absolute atomic E-state index is 0.0647. The molecule has 0 aliphatic heterocycles. The van der Waals surface area contributed by atoms with E-state index in [1.54, 1.807) is 18.0 Å². The van der Waals surface area contributed by atoms with Crippen molar-refractivity contribution in [1.29, 1.82) is 0 Å². The number of aryl methyl sites for hydroxylation is 2. The zero-order valence-electron chi connectivity index (χ0n) is 18.1. The molecule has 1 N–H and O–H groups in total. The molecule has 2 heterocycles. The molecule has 0 saturated carbocycles. The fourth-order valence-corrected chi connectivity index (χ4v) is 3.82. The van der Waals surface area contributed by atoms with Gasteiger partial charge < -0.3 is 4.42 Å². The van der Waals surface area contributed by atoms with Gasteiger partial charge in [-0.05, 0) is 55.8 Å². The number of H-pyrrole nitrogens is 1. The summed E-state index contributed by atoms with van der Waals surface area (Å²) in [6.07, 6.45) is 1.71. The molecular weight excluding hydrogens is 400 g/mol. The molecule has 6 nitrogen and oxygen atoms in total. The minimum Gasteiger partial charge on any atom is -0.436 e. The number of carbonyl (C=O) groups excluding carboxylic acids is 1. The highest BCUT2D eigenvalue weighted by Crippen LogP contribution is 2.35. The number of nitrogens with one attached hydrogen (secondary N) is 1. The van der Waals surface area contributed by atoms with Gasteiger partial charge >= 0.3 is 0 Å². The van der Waals surface area contributed by atoms with Crippen molar-refractivity contribution >= 4 is 28.4 Å². The maximum atomic E-state index is 12.5. The van der Waals surface area contributed by atoms with Crippen LogP contribution in [0.1, 0.15) is 18.1 Å². The van der Waals surface area contributed by atoms with Crippen molar-refractivity contribution in [3.63, 3.8) is 0 Å². The molecule has 0 aliphatic carbocycles. The van der Waals surface area contributed by atoms with Crippen molar-refractivity contribution in [3.05, 3.63) is 84.1 Å². The Morgan fingerprint density at radius 2 is 1.72 bits per heavy atom. The van der Waals surface area contributed by atoms with Gasteiger partial charge in [0.05, 0.1) is 17.5 Å². The van der Waals surface area contributed by atoms with Crippen molar-refractivity contribution in [1.82, 2.24) is 15.2 Å². The molecule has 0 atom stereocenters. The Morgan fingerprint density at radius 1 is 0.938 bits per heavy atom. The number of oxazole rings is 1. The number of anilines is 2. The first-order valence-corrected chi connectivity index (χ1v) is 10.4. The van der Waals surface area contributed by atoms with Gasteiger partial charge in [0.2, 0.25) is 11.8 Å². The van der Waals surface area contributed by atoms with Gasteiger partial charge in [0.15, 0.2) is 5.58 Å². The maximum Gasteiger partial charge on any atom is 0.231 e. The summed E-state index contributed by atoms with van der Waals surface area (Å²) in [4.78, 5) is 18.9. The smallest absolute Gasteiger partial charge is 0.231 e. The number of aromatic nitrogens is 3. The SMILES string of the molecule is CC(=O)N(c1ccc(C)cc1)c1cccc(-c2[nH]ncc2-c2nc3ccc(C)cc3o2)c1. The number of fused-ring (bicyclic) bond motifs is 1. The van der Waals surface area contributed by atoms with Crippen LogP contribution < -0.4 is 4.90 Å². The van der Waals surface area contributed by atoms with Crippen LogP contribution in [0.4, 0.5) is 11.4 Å². The summed E-state index contributed by atoms with van der Waals surface area (Å²) in [6.45, 7) is 5.61. The number of nitrogens with zero attached hydrogens (tertiary/aromatic N) is 3. The van der Waals surface area contributed by atoms with E-state index in [-0.39, 0.29) is 5.91 Å². The van der Waals surface area contributed by atoms with E-state index in [4.69, 9.17) is 4.42 Å². The van der Waals surface area contributed by atoms with Crippen molar-refractivity contribution in [2.45, 2.75) is 20.8 Å². The summed E-state index contributed by atoms with van der Waals surface area (Å²) in [7, 11) is 0. The molecule has 3 aromatic carbocycles. The molecule has 32 heavy (non-hydrogen) atoms. The number of rotatable bonds is 4. The van der Waals surface area contributed by atoms with Gasteiger partial charge in [0.25, 0.3) is 0 Å². The fraction of sp³-hybridized carbons (Fsp3) is 0.115. The van der Waals surface area contributed by atoms with Crippen LogP contribution in [0.3, 0.4) is 0 Å². The Balaban J connectivity index is 1.57. The summed E-state index contributed by atoms with van der Waals surface area (Å²) < 4.78 is 6.02. The first-order valence-electron chi connectivity index (χ1n) is 10.4. The van der Waals surface area contributed by atoms with E-state index in [2.05, 4.69) is 15.2 Å². The van der Waals surface area contributed by atoms with Gasteiger partial charge in [0.1, 0.15) is 5.52 Å². The number of hydrogen-bond donors (Lipinski definition) is 1. The Morgan fingerprint density at radius 3 is 2.50 bits per heavy atom. The highest BCUT2D eigenvalue weighted by molar-refractivity contribution is 5.99. The quantitative estimate of drug-likeness (QED) is 0.375. The number of aromatic amines is 1. The lowest BCUT2D eigenvalue weighted by Gasteiger charge is -2.22. The zero-order valence-corrected chi connectivity index (χ0v) is 18.1. The predicted octanol–water partition coefficient (Wildman–Crippen LogP) is 6.19. The third-order valence-electron chi connectivity index (χ3n) is 5.41. The predicted molar refractivity (Wildman–Crippen MR) is 126 cm³/mol. The lowest BCUT2D eigenvalue weighted by molar-refractivity contribution is -0.115. The van der Waals surface area contributed by atoms with Gasteiger partial charge in [-0.2, -0.15) is 5.10 Å². The van der Waals surface area contributed by atoms with Crippen molar-refractivity contribution in [2.24, 2.45) is 0 Å². The fourth-order valence-electron chi connectivity index (χ4n) is 3.82. The molecule has 1 amide bonds. The van der Waals surface area contributed by atoms with Crippen LogP contribution in [0.2, 0.25) is 0 Å². The van der Waals surface area contributed by atoms with E-state index in [9.17, 15) is 4.79 Å². The van der Waals surface area contributed by atoms with E-state index in [1.165, 1.54) is 0 Å². The van der Waals surface area contributed by atoms with E-state index >= 15 is 0 Å². The van der Waals surface area contributed by atoms with Gasteiger partial charge in [0, 0.05) is 23.9 Å². The monoisotopic (exact) mass is 422 g/mol. The van der Waals surface area contributed by atoms with Crippen LogP contribution in [0.25, 0.3) is 33.8 Å². The second kappa shape index (κ2) is 7.81. The Labute approximate surface area is 185 Å². The summed E-state index contributed by atoms with van der Waals surface area (Å²) >= 11 is 0. The summed E-state index contributed by atoms with van der Waals surface area (Å²) in [5.74, 6) is 0.437. The summed E-state index contributed by atoms with van der Waals surface area (Å²) in [5, 5.41) is 7.30. The lowest BCUT2D eigenvalue weighted by Crippen LogP contribution is -2.22. The first-order chi connectivity index (χ1) is 15.5. The second-order valence-corrected chi connectivity index (χ2v) is 7.89. The summed E-state index contributed by atoms with van der Waals surface area (Å²) in [5.41, 5.74) is 7.81. The molecule has 0 radical (unpaired) electrons. The molecule has 0 fully saturated rings. The van der Waals surface area contributed by atoms with Crippen LogP contribution in [-0.2, 0) is 4.79 Å². The summed E-state index contributed by atoms with van der Waals surface area (Å²) in [6, 6.07) is 21.6. The van der Waals surface area contributed by atoms with Crippen LogP contribution in [0.5, 0.6) is 0 Å². The van der Waals surface area contributed by atoms with Gasteiger partial charge in [-0.25, -0.2) is 4.98 Å². The third-order valence-corrected chi connectivity index (χ3v) is 5.41. The molecule has 0 bridgehead atoms. The maximum absolute atomic E-state index is 12.5. The topological polar surface area (TPSA) is 75.0 Å². The molecule has 6 heteroatoms. The van der Waals surface area contributed by atoms with E-state index in [0.29, 0.717) is 5.89 Å². The third kappa shape index (κ3) is 3.56. The molecule has 5 aromatic rings. The van der Waals surface area contributed by atoms with Crippen molar-refractivity contribution < 1.29 is 9.21 Å². The number of hydrogen-bond acceptors (Lipinski definition) is 4. The van der Waals surface area contributed by atoms with Crippen molar-refractivity contribution in [3.8, 4) is 22.7 Å². The van der Waals surface area contributed by atoms with Crippen LogP contribution in [0, 0.1) is 13.8 Å². The molecule has 0 spiro atoms. The zero-order chi connectivity index (χ0) is 22.2. The molecule has 158 valence electrons. The normalized spacial score (nSPS) is 11.1. The van der Waals surface area contributed by atoms with Crippen LogP contribution in [-0.4, -0.2) is 21.1 Å². The van der Waals surface area contributed by atoms with Gasteiger partial charge in [-0.1, -0.05) is 35.9 Å². The van der Waals surface area contributed by atoms with E-state index in [1.807, 2.05) is 80.6 Å². The Kier molecular flexibility index (Phi) is 4.82. The average molecular weight is 422 g/mol. The van der Waals surface area contributed by atoms with Crippen LogP contribution >= 0.6 is 0 Å².